The van der Waals surface area contributed by atoms with Crippen LogP contribution >= 0.6 is 22.6 Å². The van der Waals surface area contributed by atoms with Crippen molar-refractivity contribution in [1.29, 1.82) is 0 Å². The fourth-order valence-electron chi connectivity index (χ4n) is 0.848. The van der Waals surface area contributed by atoms with Gasteiger partial charge in [0.15, 0.2) is 0 Å². The standard InChI is InChI=1S/C10H18INO4/c1-5-15-9(14)12-7(6-11)8(13)16-10(2,3)4/h7H,5-6H2,1-4H3,(H,12,14)/t7-/m0/s1. The number of esters is 1. The molecular formula is C10H18INO4. The molecule has 1 N–H and O–H groups in total. The third-order valence-corrected chi connectivity index (χ3v) is 2.29. The van der Waals surface area contributed by atoms with E-state index in [4.69, 9.17) is 9.47 Å². The van der Waals surface area contributed by atoms with Gasteiger partial charge in [-0.25, -0.2) is 9.59 Å². The van der Waals surface area contributed by atoms with E-state index in [9.17, 15) is 9.59 Å². The summed E-state index contributed by atoms with van der Waals surface area (Å²) in [5.74, 6) is -0.449. The minimum Gasteiger partial charge on any atom is -0.458 e. The van der Waals surface area contributed by atoms with Crippen LogP contribution in [-0.2, 0) is 14.3 Å². The smallest absolute Gasteiger partial charge is 0.407 e. The molecule has 0 heterocycles. The Balaban J connectivity index is 4.27. The molecule has 0 rings (SSSR count). The molecule has 16 heavy (non-hydrogen) atoms. The Morgan fingerprint density at radius 1 is 1.38 bits per heavy atom. The lowest BCUT2D eigenvalue weighted by Crippen LogP contribution is -2.45. The van der Waals surface area contributed by atoms with Gasteiger partial charge in [-0.2, -0.15) is 0 Å². The summed E-state index contributed by atoms with van der Waals surface area (Å²) in [6.45, 7) is 7.30. The minimum absolute atomic E-state index is 0.272. The van der Waals surface area contributed by atoms with Crippen LogP contribution in [-0.4, -0.2) is 34.7 Å². The van der Waals surface area contributed by atoms with Crippen LogP contribution in [0.2, 0.25) is 0 Å². The summed E-state index contributed by atoms with van der Waals surface area (Å²) in [4.78, 5) is 22.8. The van der Waals surface area contributed by atoms with Crippen molar-refractivity contribution in [2.75, 3.05) is 11.0 Å². The van der Waals surface area contributed by atoms with Crippen molar-refractivity contribution in [3.05, 3.63) is 0 Å². The highest BCUT2D eigenvalue weighted by Crippen LogP contribution is 2.09. The van der Waals surface area contributed by atoms with E-state index in [1.54, 1.807) is 27.7 Å². The Morgan fingerprint density at radius 2 is 1.94 bits per heavy atom. The monoisotopic (exact) mass is 343 g/mol. The van der Waals surface area contributed by atoms with E-state index in [-0.39, 0.29) is 6.61 Å². The van der Waals surface area contributed by atoms with Crippen LogP contribution in [0.3, 0.4) is 0 Å². The van der Waals surface area contributed by atoms with E-state index in [0.29, 0.717) is 4.43 Å². The van der Waals surface area contributed by atoms with Gasteiger partial charge in [0.2, 0.25) is 0 Å². The van der Waals surface area contributed by atoms with Crippen LogP contribution < -0.4 is 5.32 Å². The molecule has 1 atom stereocenters. The molecular weight excluding hydrogens is 325 g/mol. The van der Waals surface area contributed by atoms with Crippen LogP contribution in [0.5, 0.6) is 0 Å². The Morgan fingerprint density at radius 3 is 2.31 bits per heavy atom. The first kappa shape index (κ1) is 15.5. The van der Waals surface area contributed by atoms with Crippen molar-refractivity contribution in [3.63, 3.8) is 0 Å². The predicted molar refractivity (Wildman–Crippen MR) is 68.7 cm³/mol. The number of alkyl halides is 1. The maximum atomic E-state index is 11.6. The zero-order chi connectivity index (χ0) is 12.8. The van der Waals surface area contributed by atoms with Gasteiger partial charge in [-0.3, -0.25) is 0 Å². The topological polar surface area (TPSA) is 64.6 Å². The second-order valence-corrected chi connectivity index (χ2v) is 4.99. The van der Waals surface area contributed by atoms with Crippen molar-refractivity contribution >= 4 is 34.7 Å². The largest absolute Gasteiger partial charge is 0.458 e. The van der Waals surface area contributed by atoms with Crippen molar-refractivity contribution in [2.45, 2.75) is 39.3 Å². The van der Waals surface area contributed by atoms with Crippen LogP contribution in [0.4, 0.5) is 4.79 Å². The van der Waals surface area contributed by atoms with Crippen molar-refractivity contribution in [3.8, 4) is 0 Å². The van der Waals surface area contributed by atoms with E-state index in [2.05, 4.69) is 5.32 Å². The third kappa shape index (κ3) is 6.86. The van der Waals surface area contributed by atoms with Gasteiger partial charge in [-0.1, -0.05) is 22.6 Å². The summed E-state index contributed by atoms with van der Waals surface area (Å²) in [7, 11) is 0. The molecule has 0 aromatic carbocycles. The second-order valence-electron chi connectivity index (χ2n) is 4.11. The average molecular weight is 343 g/mol. The van der Waals surface area contributed by atoms with Gasteiger partial charge >= 0.3 is 12.1 Å². The lowest BCUT2D eigenvalue weighted by Gasteiger charge is -2.23. The summed E-state index contributed by atoms with van der Waals surface area (Å²) in [5.41, 5.74) is -0.558. The van der Waals surface area contributed by atoms with Crippen molar-refractivity contribution in [2.24, 2.45) is 0 Å². The van der Waals surface area contributed by atoms with E-state index < -0.39 is 23.7 Å². The second kappa shape index (κ2) is 6.93. The lowest BCUT2D eigenvalue weighted by molar-refractivity contribution is -0.156. The number of rotatable bonds is 4. The first-order chi connectivity index (χ1) is 7.30. The number of hydrogen-bond donors (Lipinski definition) is 1. The van der Waals surface area contributed by atoms with E-state index >= 15 is 0 Å². The lowest BCUT2D eigenvalue weighted by atomic mass is 10.2. The fourth-order valence-corrected chi connectivity index (χ4v) is 1.43. The fraction of sp³-hybridized carbons (Fsp3) is 0.800. The molecule has 0 bridgehead atoms. The Kier molecular flexibility index (Phi) is 6.70. The Hall–Kier alpha value is -0.530. The maximum absolute atomic E-state index is 11.6. The molecule has 94 valence electrons. The zero-order valence-electron chi connectivity index (χ0n) is 10.0. The number of halogens is 1. The first-order valence-corrected chi connectivity index (χ1v) is 6.54. The van der Waals surface area contributed by atoms with E-state index in [0.717, 1.165) is 0 Å². The van der Waals surface area contributed by atoms with E-state index in [1.807, 2.05) is 22.6 Å². The van der Waals surface area contributed by atoms with Crippen LogP contribution in [0.15, 0.2) is 0 Å². The number of alkyl carbamates (subject to hydrolysis) is 1. The molecule has 0 unspecified atom stereocenters. The zero-order valence-corrected chi connectivity index (χ0v) is 12.2. The summed E-state index contributed by atoms with van der Waals surface area (Å²) >= 11 is 2.01. The molecule has 0 aliphatic rings. The number of carbonyl (C=O) groups is 2. The number of nitrogens with one attached hydrogen (secondary N) is 1. The van der Waals surface area contributed by atoms with E-state index in [1.165, 1.54) is 0 Å². The molecule has 0 fully saturated rings. The summed E-state index contributed by atoms with van der Waals surface area (Å²) in [5, 5.41) is 2.45. The number of amides is 1. The third-order valence-electron chi connectivity index (χ3n) is 1.41. The van der Waals surface area contributed by atoms with Crippen LogP contribution in [0.1, 0.15) is 27.7 Å². The van der Waals surface area contributed by atoms with Crippen LogP contribution in [0, 0.1) is 0 Å². The molecule has 6 heteroatoms. The predicted octanol–water partition coefficient (Wildman–Crippen LogP) is 1.88. The summed E-state index contributed by atoms with van der Waals surface area (Å²) < 4.78 is 10.3. The average Bonchev–Trinajstić information content (AvgIpc) is 2.11. The van der Waals surface area contributed by atoms with Gasteiger partial charge in [-0.05, 0) is 27.7 Å². The molecule has 0 radical (unpaired) electrons. The number of hydrogen-bond acceptors (Lipinski definition) is 4. The molecule has 5 nitrogen and oxygen atoms in total. The number of ether oxygens (including phenoxy) is 2. The molecule has 0 saturated carbocycles. The number of carbonyl (C=O) groups excluding carboxylic acids is 2. The highest BCUT2D eigenvalue weighted by atomic mass is 127. The van der Waals surface area contributed by atoms with Crippen molar-refractivity contribution in [1.82, 2.24) is 5.32 Å². The SMILES string of the molecule is CCOC(=O)N[C@@H](CI)C(=O)OC(C)(C)C. The molecule has 0 spiro atoms. The summed E-state index contributed by atoms with van der Waals surface area (Å²) in [6.07, 6.45) is -0.602. The normalized spacial score (nSPS) is 12.8. The van der Waals surface area contributed by atoms with Crippen molar-refractivity contribution < 1.29 is 19.1 Å². The summed E-state index contributed by atoms with van der Waals surface area (Å²) in [6, 6.07) is -0.668. The highest BCUT2D eigenvalue weighted by Gasteiger charge is 2.25. The van der Waals surface area contributed by atoms with Gasteiger partial charge in [0.05, 0.1) is 6.61 Å². The Bertz CT molecular complexity index is 250. The minimum atomic E-state index is -0.668. The quantitative estimate of drug-likeness (QED) is 0.481. The molecule has 0 aromatic rings. The molecule has 0 saturated heterocycles. The highest BCUT2D eigenvalue weighted by molar-refractivity contribution is 14.1. The van der Waals surface area contributed by atoms with Gasteiger partial charge in [0, 0.05) is 4.43 Å². The van der Waals surface area contributed by atoms with Gasteiger partial charge in [0.25, 0.3) is 0 Å². The van der Waals surface area contributed by atoms with Crippen LogP contribution in [0.25, 0.3) is 0 Å². The Labute approximate surface area is 109 Å². The first-order valence-electron chi connectivity index (χ1n) is 5.02. The molecule has 1 amide bonds. The molecule has 0 aliphatic heterocycles. The molecule has 0 aliphatic carbocycles. The maximum Gasteiger partial charge on any atom is 0.407 e. The van der Waals surface area contributed by atoms with Gasteiger partial charge in [0.1, 0.15) is 11.6 Å². The van der Waals surface area contributed by atoms with Gasteiger partial charge < -0.3 is 14.8 Å². The van der Waals surface area contributed by atoms with Gasteiger partial charge in [-0.15, -0.1) is 0 Å². The molecule has 0 aromatic heterocycles.